The number of hydrogen-bond acceptors (Lipinski definition) is 1. The molecule has 0 spiro atoms. The Labute approximate surface area is 68.2 Å². The van der Waals surface area contributed by atoms with Gasteiger partial charge in [0.05, 0.1) is 0 Å². The van der Waals surface area contributed by atoms with Crippen molar-refractivity contribution in [1.82, 2.24) is 0 Å². The van der Waals surface area contributed by atoms with Crippen LogP contribution in [0.3, 0.4) is 0 Å². The number of rotatable bonds is 2. The molecular formula is C9H18FN. The van der Waals surface area contributed by atoms with E-state index in [4.69, 9.17) is 5.73 Å². The number of nitrogens with two attached hydrogens (primary N) is 1. The summed E-state index contributed by atoms with van der Waals surface area (Å²) in [6, 6.07) is 0. The molecule has 0 radical (unpaired) electrons. The molecule has 11 heavy (non-hydrogen) atoms. The molecule has 1 fully saturated rings. The molecule has 0 aromatic rings. The molecule has 1 aliphatic carbocycles. The summed E-state index contributed by atoms with van der Waals surface area (Å²) in [6.45, 7) is 7.10. The Hall–Kier alpha value is -0.110. The van der Waals surface area contributed by atoms with Gasteiger partial charge in [-0.15, -0.1) is 0 Å². The smallest absolute Gasteiger partial charge is 0.112 e. The summed E-state index contributed by atoms with van der Waals surface area (Å²) in [4.78, 5) is 0. The fourth-order valence-corrected chi connectivity index (χ4v) is 2.13. The van der Waals surface area contributed by atoms with Gasteiger partial charge in [0.2, 0.25) is 0 Å². The summed E-state index contributed by atoms with van der Waals surface area (Å²) in [5.74, 6) is 0. The monoisotopic (exact) mass is 159 g/mol. The largest absolute Gasteiger partial charge is 0.325 e. The summed E-state index contributed by atoms with van der Waals surface area (Å²) in [6.07, 6.45) is 1.86. The maximum absolute atomic E-state index is 13.6. The molecule has 0 aromatic heterocycles. The van der Waals surface area contributed by atoms with Crippen LogP contribution in [0.25, 0.3) is 0 Å². The molecule has 0 saturated heterocycles. The van der Waals surface area contributed by atoms with E-state index in [1.165, 1.54) is 0 Å². The Morgan fingerprint density at radius 1 is 1.18 bits per heavy atom. The van der Waals surface area contributed by atoms with Crippen LogP contribution >= 0.6 is 0 Å². The van der Waals surface area contributed by atoms with E-state index in [1.54, 1.807) is 13.8 Å². The van der Waals surface area contributed by atoms with Crippen LogP contribution in [0.15, 0.2) is 0 Å². The van der Waals surface area contributed by atoms with Crippen molar-refractivity contribution in [3.8, 4) is 0 Å². The minimum absolute atomic E-state index is 0.264. The van der Waals surface area contributed by atoms with Crippen LogP contribution in [-0.4, -0.2) is 11.2 Å². The molecule has 0 atom stereocenters. The van der Waals surface area contributed by atoms with Gasteiger partial charge in [-0.2, -0.15) is 0 Å². The van der Waals surface area contributed by atoms with E-state index in [0.717, 1.165) is 12.8 Å². The minimum atomic E-state index is -1.13. The van der Waals surface area contributed by atoms with Gasteiger partial charge in [-0.1, -0.05) is 0 Å². The highest BCUT2D eigenvalue weighted by Crippen LogP contribution is 2.61. The average molecular weight is 159 g/mol. The zero-order valence-corrected chi connectivity index (χ0v) is 7.87. The third-order valence-electron chi connectivity index (χ3n) is 3.12. The molecule has 2 heteroatoms. The molecule has 1 nitrogen and oxygen atoms in total. The highest BCUT2D eigenvalue weighted by Gasteiger charge is 2.62. The first-order valence-electron chi connectivity index (χ1n) is 4.18. The van der Waals surface area contributed by atoms with Crippen LogP contribution in [0.4, 0.5) is 4.39 Å². The van der Waals surface area contributed by atoms with Crippen molar-refractivity contribution in [2.75, 3.05) is 0 Å². The molecule has 0 heterocycles. The lowest BCUT2D eigenvalue weighted by Gasteiger charge is -2.38. The first kappa shape index (κ1) is 8.98. The minimum Gasteiger partial charge on any atom is -0.325 e. The molecule has 0 aliphatic heterocycles. The number of alkyl halides is 1. The lowest BCUT2D eigenvalue weighted by atomic mass is 9.75. The van der Waals surface area contributed by atoms with Gasteiger partial charge in [0.25, 0.3) is 0 Å². The predicted molar refractivity (Wildman–Crippen MR) is 45.1 cm³/mol. The fourth-order valence-electron chi connectivity index (χ4n) is 2.13. The van der Waals surface area contributed by atoms with Gasteiger partial charge >= 0.3 is 0 Å². The van der Waals surface area contributed by atoms with Gasteiger partial charge in [-0.3, -0.25) is 0 Å². The van der Waals surface area contributed by atoms with E-state index in [2.05, 4.69) is 0 Å². The zero-order chi connectivity index (χ0) is 8.91. The SMILES string of the molecule is CC(C)(N)C1(C(C)(C)F)CC1. The molecule has 66 valence electrons. The Balaban J connectivity index is 2.85. The van der Waals surface area contributed by atoms with E-state index >= 15 is 0 Å². The molecule has 0 amide bonds. The molecule has 0 unspecified atom stereocenters. The number of halogens is 1. The second kappa shape index (κ2) is 1.98. The van der Waals surface area contributed by atoms with Crippen LogP contribution in [-0.2, 0) is 0 Å². The van der Waals surface area contributed by atoms with Crippen molar-refractivity contribution >= 4 is 0 Å². The lowest BCUT2D eigenvalue weighted by molar-refractivity contribution is 0.0538. The molecule has 1 rings (SSSR count). The predicted octanol–water partition coefficient (Wildman–Crippen LogP) is 2.25. The van der Waals surface area contributed by atoms with Gasteiger partial charge in [-0.05, 0) is 40.5 Å². The topological polar surface area (TPSA) is 26.0 Å². The molecule has 0 bridgehead atoms. The highest BCUT2D eigenvalue weighted by atomic mass is 19.1. The molecule has 2 N–H and O–H groups in total. The summed E-state index contributed by atoms with van der Waals surface area (Å²) in [7, 11) is 0. The van der Waals surface area contributed by atoms with Gasteiger partial charge in [0.15, 0.2) is 0 Å². The summed E-state index contributed by atoms with van der Waals surface area (Å²) < 4.78 is 13.6. The van der Waals surface area contributed by atoms with Gasteiger partial charge < -0.3 is 5.73 Å². The molecule has 1 aliphatic rings. The van der Waals surface area contributed by atoms with Crippen LogP contribution < -0.4 is 5.73 Å². The second-order valence-corrected chi connectivity index (χ2v) is 4.78. The van der Waals surface area contributed by atoms with Crippen LogP contribution in [0.2, 0.25) is 0 Å². The molecule has 0 aromatic carbocycles. The Morgan fingerprint density at radius 2 is 1.55 bits per heavy atom. The Kier molecular flexibility index (Phi) is 1.61. The third-order valence-corrected chi connectivity index (χ3v) is 3.12. The van der Waals surface area contributed by atoms with Crippen molar-refractivity contribution in [3.63, 3.8) is 0 Å². The Bertz CT molecular complexity index is 141. The summed E-state index contributed by atoms with van der Waals surface area (Å²) in [5, 5.41) is 0. The normalized spacial score (nSPS) is 23.5. The van der Waals surface area contributed by atoms with E-state index in [0.29, 0.717) is 0 Å². The van der Waals surface area contributed by atoms with E-state index in [9.17, 15) is 4.39 Å². The van der Waals surface area contributed by atoms with E-state index < -0.39 is 5.67 Å². The second-order valence-electron chi connectivity index (χ2n) is 4.78. The Morgan fingerprint density at radius 3 is 1.55 bits per heavy atom. The highest BCUT2D eigenvalue weighted by molar-refractivity contribution is 5.14. The van der Waals surface area contributed by atoms with Crippen molar-refractivity contribution in [3.05, 3.63) is 0 Å². The first-order valence-corrected chi connectivity index (χ1v) is 4.18. The maximum Gasteiger partial charge on any atom is 0.112 e. The van der Waals surface area contributed by atoms with Crippen LogP contribution in [0, 0.1) is 5.41 Å². The summed E-state index contributed by atoms with van der Waals surface area (Å²) >= 11 is 0. The number of hydrogen-bond donors (Lipinski definition) is 1. The van der Waals surface area contributed by atoms with Crippen LogP contribution in [0.1, 0.15) is 40.5 Å². The van der Waals surface area contributed by atoms with E-state index in [1.807, 2.05) is 13.8 Å². The standard InChI is InChI=1S/C9H18FN/c1-7(2,10)9(5-6-9)8(3,4)11/h5-6,11H2,1-4H3. The van der Waals surface area contributed by atoms with E-state index in [-0.39, 0.29) is 11.0 Å². The average Bonchev–Trinajstić information content (AvgIpc) is 2.31. The van der Waals surface area contributed by atoms with Gasteiger partial charge in [0, 0.05) is 11.0 Å². The fraction of sp³-hybridized carbons (Fsp3) is 1.00. The van der Waals surface area contributed by atoms with Gasteiger partial charge in [0.1, 0.15) is 5.67 Å². The first-order chi connectivity index (χ1) is 4.71. The van der Waals surface area contributed by atoms with Crippen molar-refractivity contribution < 1.29 is 4.39 Å². The lowest BCUT2D eigenvalue weighted by Crippen LogP contribution is -2.51. The molecule has 1 saturated carbocycles. The quantitative estimate of drug-likeness (QED) is 0.657. The maximum atomic E-state index is 13.6. The summed E-state index contributed by atoms with van der Waals surface area (Å²) in [5.41, 5.74) is 4.14. The molecular weight excluding hydrogens is 141 g/mol. The van der Waals surface area contributed by atoms with Crippen molar-refractivity contribution in [2.24, 2.45) is 11.1 Å². The third kappa shape index (κ3) is 1.18. The zero-order valence-electron chi connectivity index (χ0n) is 7.87. The van der Waals surface area contributed by atoms with Crippen molar-refractivity contribution in [2.45, 2.75) is 51.7 Å². The van der Waals surface area contributed by atoms with Gasteiger partial charge in [-0.25, -0.2) is 4.39 Å². The van der Waals surface area contributed by atoms with Crippen LogP contribution in [0.5, 0.6) is 0 Å². The van der Waals surface area contributed by atoms with Crippen molar-refractivity contribution in [1.29, 1.82) is 0 Å².